The van der Waals surface area contributed by atoms with Gasteiger partial charge >= 0.3 is 0 Å². The van der Waals surface area contributed by atoms with Crippen molar-refractivity contribution in [2.24, 2.45) is 0 Å². The Labute approximate surface area is 376 Å². The molecule has 15 nitrogen and oxygen atoms in total. The number of pyridine rings is 2. The maximum atomic E-state index is 12.8. The molecule has 4 N–H and O–H groups in total. The Morgan fingerprint density at radius 3 is 1.70 bits per heavy atom. The minimum atomic E-state index is -1.00. The van der Waals surface area contributed by atoms with Crippen LogP contribution in [0.4, 0.5) is 10.1 Å². The van der Waals surface area contributed by atoms with Crippen molar-refractivity contribution in [1.29, 1.82) is 0 Å². The molecule has 0 saturated carbocycles. The number of benzene rings is 2. The zero-order valence-electron chi connectivity index (χ0n) is 34.4. The number of carbonyl (C=O) groups excluding carboxylic acids is 2. The number of nitrogen functional groups attached to an aromatic ring is 1. The molecule has 0 bridgehead atoms. The SMILES string of the molecule is CCCn1c(=O)c(OCC(=O)NC)cc2cc(Cc3nc(Cl)ncc3Cl)ccc21.CCCn1c(=O)c(OCC(=O)NC)cc2cc(N)ccc21.Clc1ncc(Cl)c(Cl)n1.[2H]CF. The lowest BCUT2D eigenvalue weighted by Gasteiger charge is -2.14. The number of hydrogen-bond donors (Lipinski definition) is 3. The van der Waals surface area contributed by atoms with Crippen LogP contribution in [0.3, 0.4) is 0 Å². The van der Waals surface area contributed by atoms with E-state index in [1.54, 1.807) is 33.4 Å². The van der Waals surface area contributed by atoms with Crippen LogP contribution in [0.15, 0.2) is 70.5 Å². The highest BCUT2D eigenvalue weighted by Gasteiger charge is 2.14. The Morgan fingerprint density at radius 1 is 0.754 bits per heavy atom. The Balaban J connectivity index is 0.000000269. The molecule has 0 aliphatic heterocycles. The van der Waals surface area contributed by atoms with Crippen molar-refractivity contribution in [3.63, 3.8) is 0 Å². The second kappa shape index (κ2) is 24.9. The molecule has 0 fully saturated rings. The van der Waals surface area contributed by atoms with Gasteiger partial charge in [0.1, 0.15) is 0 Å². The summed E-state index contributed by atoms with van der Waals surface area (Å²) in [6.07, 6.45) is 4.87. The van der Waals surface area contributed by atoms with Gasteiger partial charge in [0.05, 0.1) is 47.7 Å². The van der Waals surface area contributed by atoms with Gasteiger partial charge in [0, 0.05) is 50.1 Å². The average Bonchev–Trinajstić information content (AvgIpc) is 3.24. The number of nitrogens with zero attached hydrogens (tertiary/aromatic N) is 6. The number of amides is 2. The summed E-state index contributed by atoms with van der Waals surface area (Å²) < 4.78 is 29.6. The van der Waals surface area contributed by atoms with Crippen molar-refractivity contribution in [2.75, 3.05) is 40.2 Å². The first-order chi connectivity index (χ1) is 29.6. The maximum absolute atomic E-state index is 12.8. The molecule has 0 atom stereocenters. The van der Waals surface area contributed by atoms with E-state index in [-0.39, 0.29) is 63.4 Å². The first-order valence-corrected chi connectivity index (χ1v) is 20.1. The van der Waals surface area contributed by atoms with Crippen LogP contribution in [0.2, 0.25) is 25.8 Å². The van der Waals surface area contributed by atoms with Crippen molar-refractivity contribution in [3.8, 4) is 11.5 Å². The van der Waals surface area contributed by atoms with E-state index in [4.69, 9.17) is 74.6 Å². The number of halogens is 6. The summed E-state index contributed by atoms with van der Waals surface area (Å²) in [5.74, 6) is -0.306. The second-order valence-electron chi connectivity index (χ2n) is 12.5. The molecular formula is C40H43Cl5FN9O6. The smallest absolute Gasteiger partial charge is 0.293 e. The molecule has 0 aliphatic rings. The van der Waals surface area contributed by atoms with Crippen LogP contribution in [0.25, 0.3) is 21.8 Å². The monoisotopic (exact) mass is 940 g/mol. The highest BCUT2D eigenvalue weighted by atomic mass is 35.5. The number of ether oxygens (including phenoxy) is 2. The molecule has 0 spiro atoms. The van der Waals surface area contributed by atoms with Crippen LogP contribution in [0, 0.1) is 0 Å². The number of likely N-dealkylation sites (N-methyl/N-ethyl adjacent to an activating group) is 2. The van der Waals surface area contributed by atoms with E-state index in [0.29, 0.717) is 40.9 Å². The van der Waals surface area contributed by atoms with Gasteiger partial charge in [0.2, 0.25) is 10.6 Å². The Morgan fingerprint density at radius 2 is 1.23 bits per heavy atom. The number of anilines is 1. The number of rotatable bonds is 12. The van der Waals surface area contributed by atoms with E-state index >= 15 is 0 Å². The van der Waals surface area contributed by atoms with E-state index in [9.17, 15) is 23.6 Å². The first kappa shape index (κ1) is 48.4. The fourth-order valence-electron chi connectivity index (χ4n) is 5.45. The Kier molecular flexibility index (Phi) is 19.7. The molecule has 0 radical (unpaired) electrons. The van der Waals surface area contributed by atoms with Gasteiger partial charge in [0.25, 0.3) is 22.9 Å². The van der Waals surface area contributed by atoms with Gasteiger partial charge in [-0.25, -0.2) is 19.9 Å². The zero-order valence-corrected chi connectivity index (χ0v) is 37.2. The zero-order chi connectivity index (χ0) is 45.9. The molecule has 0 aliphatic carbocycles. The van der Waals surface area contributed by atoms with Crippen LogP contribution in [-0.4, -0.2) is 75.3 Å². The third kappa shape index (κ3) is 14.4. The molecule has 0 unspecified atom stereocenters. The summed E-state index contributed by atoms with van der Waals surface area (Å²) in [6, 6.07) is 14.4. The third-order valence-corrected chi connectivity index (χ3v) is 9.55. The van der Waals surface area contributed by atoms with Crippen molar-refractivity contribution >= 4 is 97.3 Å². The van der Waals surface area contributed by atoms with Crippen molar-refractivity contribution in [2.45, 2.75) is 46.2 Å². The summed E-state index contributed by atoms with van der Waals surface area (Å²) in [5.41, 5.74) is 9.05. The molecule has 61 heavy (non-hydrogen) atoms. The van der Waals surface area contributed by atoms with Crippen LogP contribution in [0.1, 0.15) is 39.3 Å². The van der Waals surface area contributed by atoms with Crippen molar-refractivity contribution < 1.29 is 24.8 Å². The van der Waals surface area contributed by atoms with Gasteiger partial charge in [-0.15, -0.1) is 0 Å². The molecule has 2 amide bonds. The number of nitrogens with two attached hydrogens (primary N) is 1. The molecular weight excluding hydrogens is 899 g/mol. The number of carbonyl (C=O) groups is 2. The number of nitrogens with one attached hydrogen (secondary N) is 2. The minimum absolute atomic E-state index is 0.101. The number of aromatic nitrogens is 6. The molecule has 0 saturated heterocycles. The number of aryl methyl sites for hydroxylation is 2. The van der Waals surface area contributed by atoms with Gasteiger partial charge in [-0.1, -0.05) is 54.7 Å². The third-order valence-electron chi connectivity index (χ3n) is 8.21. The first-order valence-electron chi connectivity index (χ1n) is 18.9. The molecule has 6 rings (SSSR count). The van der Waals surface area contributed by atoms with Gasteiger partial charge in [-0.05, 0) is 84.1 Å². The number of fused-ring (bicyclic) bond motifs is 2. The normalized spacial score (nSPS) is 10.6. The molecule has 6 aromatic rings. The van der Waals surface area contributed by atoms with Gasteiger partial charge in [-0.3, -0.25) is 23.6 Å². The lowest BCUT2D eigenvalue weighted by atomic mass is 10.1. The molecule has 4 aromatic heterocycles. The summed E-state index contributed by atoms with van der Waals surface area (Å²) in [6.45, 7) is 4.69. The predicted octanol–water partition coefficient (Wildman–Crippen LogP) is 7.36. The quantitative estimate of drug-likeness (QED) is 0.0629. The van der Waals surface area contributed by atoms with Crippen LogP contribution < -0.4 is 37.0 Å². The van der Waals surface area contributed by atoms with E-state index in [2.05, 4.69) is 30.6 Å². The van der Waals surface area contributed by atoms with Gasteiger partial charge in [-0.2, -0.15) is 0 Å². The maximum Gasteiger partial charge on any atom is 0.293 e. The van der Waals surface area contributed by atoms with Crippen molar-refractivity contribution in [1.82, 2.24) is 39.7 Å². The summed E-state index contributed by atoms with van der Waals surface area (Å²) >= 11 is 28.3. The van der Waals surface area contributed by atoms with Crippen LogP contribution >= 0.6 is 58.0 Å². The lowest BCUT2D eigenvalue weighted by molar-refractivity contribution is -0.123. The molecule has 4 heterocycles. The van der Waals surface area contributed by atoms with Crippen LogP contribution in [-0.2, 0) is 29.1 Å². The van der Waals surface area contributed by atoms with E-state index < -0.39 is 7.15 Å². The van der Waals surface area contributed by atoms with Gasteiger partial charge in [0.15, 0.2) is 29.9 Å². The van der Waals surface area contributed by atoms with E-state index in [0.717, 1.165) is 40.2 Å². The highest BCUT2D eigenvalue weighted by Crippen LogP contribution is 2.24. The van der Waals surface area contributed by atoms with E-state index in [1.165, 1.54) is 26.5 Å². The number of hydrogen-bond acceptors (Lipinski definition) is 11. The number of alkyl halides is 1. The average molecular weight is 943 g/mol. The summed E-state index contributed by atoms with van der Waals surface area (Å²) in [5, 5.41) is 7.70. The summed E-state index contributed by atoms with van der Waals surface area (Å²) in [4.78, 5) is 63.2. The molecule has 2 aromatic carbocycles. The molecule has 21 heteroatoms. The Hall–Kier alpha value is -5.26. The lowest BCUT2D eigenvalue weighted by Crippen LogP contribution is -2.28. The van der Waals surface area contributed by atoms with Crippen LogP contribution in [0.5, 0.6) is 11.5 Å². The van der Waals surface area contributed by atoms with E-state index in [1.807, 2.05) is 38.1 Å². The standard InChI is InChI=1S/C20H20Cl2N4O3.C15H19N3O3.C4HCl3N2.CH3F/c1-3-6-26-16-5-4-12(8-15-14(21)10-24-20(22)25-15)7-13(16)9-17(19(26)28)29-11-18(27)23-2;1-3-6-18-12-5-4-11(16)7-10(12)8-13(15(18)20)21-9-14(19)17-2;5-2-1-8-4(7)9-3(2)6;1-2/h4-5,7,9-10H,3,6,8,11H2,1-2H3,(H,23,27);4-5,7-8H,3,6,9,16H2,1-2H3,(H,17,19);1H;1H3/i;;;1D. The fourth-order valence-corrected chi connectivity index (χ4v) is 6.16. The highest BCUT2D eigenvalue weighted by molar-refractivity contribution is 6.41. The minimum Gasteiger partial charge on any atom is -0.478 e. The van der Waals surface area contributed by atoms with Gasteiger partial charge < -0.3 is 35.0 Å². The fraction of sp³-hybridized carbons (Fsp3) is 0.300. The predicted molar refractivity (Wildman–Crippen MR) is 239 cm³/mol. The second-order valence-corrected chi connectivity index (χ2v) is 14.3. The van der Waals surface area contributed by atoms with Crippen molar-refractivity contribution in [3.05, 3.63) is 119 Å². The Bertz CT molecular complexity index is 2600. The largest absolute Gasteiger partial charge is 0.478 e. The summed E-state index contributed by atoms with van der Waals surface area (Å²) in [7, 11) is 2.03. The topological polar surface area (TPSA) is 198 Å². The molecule has 326 valence electrons.